The number of aliphatic hydroxyl groups is 1. The fraction of sp³-hybridized carbons (Fsp3) is 0.214. The smallest absolute Gasteiger partial charge is 0.113 e. The quantitative estimate of drug-likeness (QED) is 0.880. The Bertz CT molecular complexity index is 578. The van der Waals surface area contributed by atoms with Crippen LogP contribution in [0, 0.1) is 18.3 Å². The van der Waals surface area contributed by atoms with Crippen molar-refractivity contribution in [1.29, 1.82) is 5.26 Å². The lowest BCUT2D eigenvalue weighted by Crippen LogP contribution is -2.22. The molecule has 1 aromatic carbocycles. The van der Waals surface area contributed by atoms with Crippen molar-refractivity contribution in [2.45, 2.75) is 19.4 Å². The van der Waals surface area contributed by atoms with Crippen LogP contribution in [0.5, 0.6) is 0 Å². The van der Waals surface area contributed by atoms with E-state index in [1.807, 2.05) is 24.4 Å². The highest BCUT2D eigenvalue weighted by molar-refractivity contribution is 7.10. The first kappa shape index (κ1) is 11.8. The van der Waals surface area contributed by atoms with Crippen molar-refractivity contribution in [3.8, 4) is 6.07 Å². The van der Waals surface area contributed by atoms with Gasteiger partial charge in [-0.15, -0.1) is 11.3 Å². The van der Waals surface area contributed by atoms with Gasteiger partial charge in [-0.2, -0.15) is 5.26 Å². The molecular weight excluding hydrogens is 230 g/mol. The van der Waals surface area contributed by atoms with Gasteiger partial charge in [-0.25, -0.2) is 0 Å². The number of hydrogen-bond acceptors (Lipinski definition) is 3. The van der Waals surface area contributed by atoms with Crippen LogP contribution in [-0.2, 0) is 5.60 Å². The molecule has 0 spiro atoms. The van der Waals surface area contributed by atoms with Gasteiger partial charge in [0.2, 0.25) is 0 Å². The van der Waals surface area contributed by atoms with Crippen LogP contribution in [0.3, 0.4) is 0 Å². The van der Waals surface area contributed by atoms with E-state index in [0.717, 1.165) is 16.0 Å². The summed E-state index contributed by atoms with van der Waals surface area (Å²) in [4.78, 5) is 1.16. The van der Waals surface area contributed by atoms with Gasteiger partial charge < -0.3 is 5.11 Å². The molecule has 86 valence electrons. The van der Waals surface area contributed by atoms with E-state index in [2.05, 4.69) is 6.07 Å². The number of thiophene rings is 1. The Morgan fingerprint density at radius 3 is 2.65 bits per heavy atom. The summed E-state index contributed by atoms with van der Waals surface area (Å²) in [6.07, 6.45) is 0. The fourth-order valence-electron chi connectivity index (χ4n) is 1.76. The molecule has 1 aromatic heterocycles. The summed E-state index contributed by atoms with van der Waals surface area (Å²) in [5, 5.41) is 21.4. The fourth-order valence-corrected chi connectivity index (χ4v) is 2.56. The first-order valence-electron chi connectivity index (χ1n) is 5.32. The lowest BCUT2D eigenvalue weighted by Gasteiger charge is -2.23. The molecule has 0 aliphatic carbocycles. The normalized spacial score (nSPS) is 14.0. The summed E-state index contributed by atoms with van der Waals surface area (Å²) in [5.41, 5.74) is 1.14. The molecule has 1 unspecified atom stereocenters. The van der Waals surface area contributed by atoms with E-state index in [9.17, 15) is 5.11 Å². The van der Waals surface area contributed by atoms with E-state index < -0.39 is 5.60 Å². The minimum absolute atomic E-state index is 0.565. The molecule has 0 saturated heterocycles. The lowest BCUT2D eigenvalue weighted by atomic mass is 9.89. The van der Waals surface area contributed by atoms with Gasteiger partial charge in [-0.3, -0.25) is 0 Å². The molecular formula is C14H13NOS. The SMILES string of the molecule is Cc1cc(C(C)(O)c2cccc(C#N)c2)cs1. The van der Waals surface area contributed by atoms with E-state index in [0.29, 0.717) is 5.56 Å². The molecule has 0 amide bonds. The van der Waals surface area contributed by atoms with Gasteiger partial charge in [-0.1, -0.05) is 12.1 Å². The topological polar surface area (TPSA) is 44.0 Å². The van der Waals surface area contributed by atoms with Gasteiger partial charge >= 0.3 is 0 Å². The zero-order valence-electron chi connectivity index (χ0n) is 9.77. The van der Waals surface area contributed by atoms with E-state index in [1.165, 1.54) is 0 Å². The Morgan fingerprint density at radius 2 is 2.06 bits per heavy atom. The molecule has 2 aromatic rings. The Morgan fingerprint density at radius 1 is 1.29 bits per heavy atom. The molecule has 0 radical (unpaired) electrons. The Kier molecular flexibility index (Phi) is 3.01. The lowest BCUT2D eigenvalue weighted by molar-refractivity contribution is 0.103. The van der Waals surface area contributed by atoms with Crippen LogP contribution < -0.4 is 0 Å². The third-order valence-electron chi connectivity index (χ3n) is 2.85. The maximum absolute atomic E-state index is 10.6. The second-order valence-corrected chi connectivity index (χ2v) is 5.33. The highest BCUT2D eigenvalue weighted by Crippen LogP contribution is 2.32. The summed E-state index contributed by atoms with van der Waals surface area (Å²) in [6.45, 7) is 3.76. The Hall–Kier alpha value is -1.63. The molecule has 0 aliphatic heterocycles. The van der Waals surface area contributed by atoms with Gasteiger partial charge in [0.1, 0.15) is 5.60 Å². The number of aryl methyl sites for hydroxylation is 1. The van der Waals surface area contributed by atoms with E-state index in [1.54, 1.807) is 36.5 Å². The monoisotopic (exact) mass is 243 g/mol. The summed E-state index contributed by atoms with van der Waals surface area (Å²) >= 11 is 1.61. The highest BCUT2D eigenvalue weighted by Gasteiger charge is 2.26. The molecule has 1 heterocycles. The van der Waals surface area contributed by atoms with Crippen molar-refractivity contribution < 1.29 is 5.11 Å². The second kappa shape index (κ2) is 4.33. The summed E-state index contributed by atoms with van der Waals surface area (Å²) < 4.78 is 0. The summed E-state index contributed by atoms with van der Waals surface area (Å²) in [7, 11) is 0. The molecule has 17 heavy (non-hydrogen) atoms. The maximum Gasteiger partial charge on any atom is 0.113 e. The van der Waals surface area contributed by atoms with Gasteiger partial charge in [-0.05, 0) is 48.6 Å². The third-order valence-corrected chi connectivity index (χ3v) is 3.71. The van der Waals surface area contributed by atoms with Crippen LogP contribution in [0.4, 0.5) is 0 Å². The van der Waals surface area contributed by atoms with E-state index in [4.69, 9.17) is 5.26 Å². The standard InChI is InChI=1S/C14H13NOS/c1-10-6-13(9-17-10)14(2,16)12-5-3-4-11(7-12)8-15/h3-7,9,16H,1-2H3. The zero-order chi connectivity index (χ0) is 12.5. The van der Waals surface area contributed by atoms with Crippen molar-refractivity contribution >= 4 is 11.3 Å². The van der Waals surface area contributed by atoms with Crippen LogP contribution in [0.1, 0.15) is 28.5 Å². The predicted molar refractivity (Wildman–Crippen MR) is 68.9 cm³/mol. The van der Waals surface area contributed by atoms with E-state index in [-0.39, 0.29) is 0 Å². The minimum Gasteiger partial charge on any atom is -0.381 e. The molecule has 2 rings (SSSR count). The second-order valence-electron chi connectivity index (χ2n) is 4.21. The van der Waals surface area contributed by atoms with Crippen molar-refractivity contribution in [2.24, 2.45) is 0 Å². The number of benzene rings is 1. The Labute approximate surface area is 105 Å². The number of nitriles is 1. The summed E-state index contributed by atoms with van der Waals surface area (Å²) in [5.74, 6) is 0. The van der Waals surface area contributed by atoms with Crippen LogP contribution in [0.2, 0.25) is 0 Å². The number of nitrogens with zero attached hydrogens (tertiary/aromatic N) is 1. The van der Waals surface area contributed by atoms with Crippen molar-refractivity contribution in [3.05, 3.63) is 57.3 Å². The molecule has 1 N–H and O–H groups in total. The highest BCUT2D eigenvalue weighted by atomic mass is 32.1. The zero-order valence-corrected chi connectivity index (χ0v) is 10.6. The third kappa shape index (κ3) is 2.23. The first-order chi connectivity index (χ1) is 8.04. The van der Waals surface area contributed by atoms with Crippen molar-refractivity contribution in [1.82, 2.24) is 0 Å². The first-order valence-corrected chi connectivity index (χ1v) is 6.20. The molecule has 0 aliphatic rings. The van der Waals surface area contributed by atoms with Crippen molar-refractivity contribution in [2.75, 3.05) is 0 Å². The van der Waals surface area contributed by atoms with Crippen LogP contribution >= 0.6 is 11.3 Å². The number of hydrogen-bond donors (Lipinski definition) is 1. The molecule has 3 heteroatoms. The van der Waals surface area contributed by atoms with Gasteiger partial charge in [0.25, 0.3) is 0 Å². The van der Waals surface area contributed by atoms with Gasteiger partial charge in [0.15, 0.2) is 0 Å². The van der Waals surface area contributed by atoms with E-state index >= 15 is 0 Å². The predicted octanol–water partition coefficient (Wildman–Crippen LogP) is 3.18. The Balaban J connectivity index is 2.47. The van der Waals surface area contributed by atoms with Gasteiger partial charge in [0.05, 0.1) is 11.6 Å². The maximum atomic E-state index is 10.6. The van der Waals surface area contributed by atoms with Crippen LogP contribution in [0.15, 0.2) is 35.7 Å². The number of rotatable bonds is 2. The molecule has 2 nitrogen and oxygen atoms in total. The molecule has 0 saturated carbocycles. The minimum atomic E-state index is -1.04. The average Bonchev–Trinajstić information content (AvgIpc) is 2.76. The summed E-state index contributed by atoms with van der Waals surface area (Å²) in [6, 6.07) is 11.2. The van der Waals surface area contributed by atoms with Crippen LogP contribution in [-0.4, -0.2) is 5.11 Å². The average molecular weight is 243 g/mol. The van der Waals surface area contributed by atoms with Gasteiger partial charge in [0, 0.05) is 4.88 Å². The molecule has 0 bridgehead atoms. The van der Waals surface area contributed by atoms with Crippen LogP contribution in [0.25, 0.3) is 0 Å². The molecule has 0 fully saturated rings. The molecule has 1 atom stereocenters. The largest absolute Gasteiger partial charge is 0.381 e. The van der Waals surface area contributed by atoms with Crippen molar-refractivity contribution in [3.63, 3.8) is 0 Å².